The van der Waals surface area contributed by atoms with E-state index in [-0.39, 0.29) is 24.0 Å². The molecule has 0 radical (unpaired) electrons. The number of thioether (sulfide) groups is 1. The predicted octanol–water partition coefficient (Wildman–Crippen LogP) is 3.31. The van der Waals surface area contributed by atoms with Gasteiger partial charge in [-0.2, -0.15) is 0 Å². The molecule has 168 valence electrons. The number of nitrogens with zero attached hydrogens (tertiary/aromatic N) is 2. The number of rotatable bonds is 6. The largest absolute Gasteiger partial charge is 0.493 e. The first-order chi connectivity index (χ1) is 14.6. The number of benzene rings is 1. The summed E-state index contributed by atoms with van der Waals surface area (Å²) in [6.07, 6.45) is 0. The summed E-state index contributed by atoms with van der Waals surface area (Å²) in [5.74, 6) is 2.34. The van der Waals surface area contributed by atoms with Gasteiger partial charge in [0.25, 0.3) is 5.91 Å². The molecule has 0 bridgehead atoms. The molecule has 9 heteroatoms. The van der Waals surface area contributed by atoms with Crippen LogP contribution in [0, 0.1) is 13.8 Å². The van der Waals surface area contributed by atoms with E-state index in [4.69, 9.17) is 14.0 Å². The van der Waals surface area contributed by atoms with E-state index in [0.29, 0.717) is 34.5 Å². The molecule has 31 heavy (non-hydrogen) atoms. The molecule has 1 unspecified atom stereocenters. The molecule has 1 aliphatic heterocycles. The normalized spacial score (nSPS) is 16.3. The second-order valence-corrected chi connectivity index (χ2v) is 9.49. The summed E-state index contributed by atoms with van der Waals surface area (Å²) in [4.78, 5) is 27.4. The molecule has 1 fully saturated rings. The van der Waals surface area contributed by atoms with E-state index in [1.807, 2.05) is 34.6 Å². The van der Waals surface area contributed by atoms with Crippen molar-refractivity contribution < 1.29 is 23.6 Å². The van der Waals surface area contributed by atoms with Gasteiger partial charge in [0.2, 0.25) is 5.91 Å². The summed E-state index contributed by atoms with van der Waals surface area (Å²) >= 11 is 1.56. The first-order valence-electron chi connectivity index (χ1n) is 10.0. The zero-order valence-electron chi connectivity index (χ0n) is 18.8. The SMILES string of the molecule is COc1cc(C(=O)N2CSCC2C(=O)NC(C)(C)C)ccc1OCc1c(C)noc1C. The van der Waals surface area contributed by atoms with Crippen molar-refractivity contribution in [2.24, 2.45) is 0 Å². The van der Waals surface area contributed by atoms with Crippen LogP contribution in [0.3, 0.4) is 0 Å². The van der Waals surface area contributed by atoms with Gasteiger partial charge in [-0.1, -0.05) is 5.16 Å². The van der Waals surface area contributed by atoms with Gasteiger partial charge in [-0.15, -0.1) is 11.8 Å². The van der Waals surface area contributed by atoms with Crippen LogP contribution in [0.15, 0.2) is 22.7 Å². The van der Waals surface area contributed by atoms with Crippen LogP contribution in [-0.2, 0) is 11.4 Å². The number of aromatic nitrogens is 1. The van der Waals surface area contributed by atoms with Gasteiger partial charge in [0, 0.05) is 16.9 Å². The van der Waals surface area contributed by atoms with Gasteiger partial charge in [-0.25, -0.2) is 0 Å². The highest BCUT2D eigenvalue weighted by Gasteiger charge is 2.36. The lowest BCUT2D eigenvalue weighted by molar-refractivity contribution is -0.125. The maximum Gasteiger partial charge on any atom is 0.255 e. The highest BCUT2D eigenvalue weighted by Crippen LogP contribution is 2.31. The van der Waals surface area contributed by atoms with E-state index in [1.165, 1.54) is 7.11 Å². The lowest BCUT2D eigenvalue weighted by Crippen LogP contribution is -2.52. The zero-order valence-corrected chi connectivity index (χ0v) is 19.6. The fourth-order valence-electron chi connectivity index (χ4n) is 3.26. The number of aryl methyl sites for hydroxylation is 2. The number of hydrogen-bond acceptors (Lipinski definition) is 7. The van der Waals surface area contributed by atoms with Crippen LogP contribution in [-0.4, -0.2) is 52.2 Å². The Morgan fingerprint density at radius 2 is 2.03 bits per heavy atom. The average Bonchev–Trinajstić information content (AvgIpc) is 3.32. The Hall–Kier alpha value is -2.68. The number of ether oxygens (including phenoxy) is 2. The molecule has 1 aromatic heterocycles. The minimum absolute atomic E-state index is 0.141. The second kappa shape index (κ2) is 9.21. The van der Waals surface area contributed by atoms with Crippen LogP contribution >= 0.6 is 11.8 Å². The zero-order chi connectivity index (χ0) is 22.8. The fourth-order valence-corrected chi connectivity index (χ4v) is 4.41. The Labute approximate surface area is 186 Å². The Bertz CT molecular complexity index is 947. The molecule has 3 rings (SSSR count). The number of methoxy groups -OCH3 is 1. The molecule has 2 heterocycles. The number of amides is 2. The monoisotopic (exact) mass is 447 g/mol. The van der Waals surface area contributed by atoms with Gasteiger partial charge in [-0.05, 0) is 52.8 Å². The van der Waals surface area contributed by atoms with Crippen molar-refractivity contribution in [3.8, 4) is 11.5 Å². The summed E-state index contributed by atoms with van der Waals surface area (Å²) in [5.41, 5.74) is 1.73. The third-order valence-corrected chi connectivity index (χ3v) is 5.92. The maximum absolute atomic E-state index is 13.2. The predicted molar refractivity (Wildman–Crippen MR) is 118 cm³/mol. The topological polar surface area (TPSA) is 93.9 Å². The van der Waals surface area contributed by atoms with E-state index in [9.17, 15) is 9.59 Å². The van der Waals surface area contributed by atoms with Crippen LogP contribution in [0.1, 0.15) is 48.1 Å². The molecule has 0 aliphatic carbocycles. The minimum atomic E-state index is -0.502. The molecular weight excluding hydrogens is 418 g/mol. The molecule has 1 aliphatic rings. The Morgan fingerprint density at radius 3 is 2.65 bits per heavy atom. The Morgan fingerprint density at radius 1 is 1.29 bits per heavy atom. The highest BCUT2D eigenvalue weighted by molar-refractivity contribution is 7.99. The minimum Gasteiger partial charge on any atom is -0.493 e. The molecule has 2 aromatic rings. The van der Waals surface area contributed by atoms with Crippen molar-refractivity contribution >= 4 is 23.6 Å². The number of carbonyl (C=O) groups excluding carboxylic acids is 2. The maximum atomic E-state index is 13.2. The van der Waals surface area contributed by atoms with Gasteiger partial charge in [0.15, 0.2) is 11.5 Å². The van der Waals surface area contributed by atoms with E-state index < -0.39 is 6.04 Å². The van der Waals surface area contributed by atoms with E-state index in [2.05, 4.69) is 10.5 Å². The molecule has 0 spiro atoms. The second-order valence-electron chi connectivity index (χ2n) is 8.49. The lowest BCUT2D eigenvalue weighted by Gasteiger charge is -2.28. The molecular formula is C22H29N3O5S. The van der Waals surface area contributed by atoms with E-state index >= 15 is 0 Å². The highest BCUT2D eigenvalue weighted by atomic mass is 32.2. The Kier molecular flexibility index (Phi) is 6.83. The molecule has 0 saturated carbocycles. The van der Waals surface area contributed by atoms with Crippen molar-refractivity contribution in [3.63, 3.8) is 0 Å². The van der Waals surface area contributed by atoms with Crippen LogP contribution < -0.4 is 14.8 Å². The third-order valence-electron chi connectivity index (χ3n) is 4.91. The summed E-state index contributed by atoms with van der Waals surface area (Å²) < 4.78 is 16.5. The Balaban J connectivity index is 1.75. The van der Waals surface area contributed by atoms with Crippen LogP contribution in [0.4, 0.5) is 0 Å². The lowest BCUT2D eigenvalue weighted by atomic mass is 10.1. The quantitative estimate of drug-likeness (QED) is 0.726. The van der Waals surface area contributed by atoms with Gasteiger partial charge < -0.3 is 24.2 Å². The van der Waals surface area contributed by atoms with Crippen molar-refractivity contribution in [2.45, 2.75) is 52.8 Å². The molecule has 1 saturated heterocycles. The number of hydrogen-bond donors (Lipinski definition) is 1. The van der Waals surface area contributed by atoms with E-state index in [1.54, 1.807) is 34.9 Å². The molecule has 2 amide bonds. The van der Waals surface area contributed by atoms with Crippen molar-refractivity contribution in [1.29, 1.82) is 0 Å². The van der Waals surface area contributed by atoms with Gasteiger partial charge in [-0.3, -0.25) is 9.59 Å². The smallest absolute Gasteiger partial charge is 0.255 e. The van der Waals surface area contributed by atoms with Gasteiger partial charge >= 0.3 is 0 Å². The average molecular weight is 448 g/mol. The standard InChI is InChI=1S/C22H29N3O5S/c1-13-16(14(2)30-24-13)10-29-18-8-7-15(9-19(18)28-6)21(27)25-12-31-11-17(25)20(26)23-22(3,4)5/h7-9,17H,10-12H2,1-6H3,(H,23,26). The molecule has 8 nitrogen and oxygen atoms in total. The first kappa shape index (κ1) is 23.0. The van der Waals surface area contributed by atoms with Crippen LogP contribution in [0.25, 0.3) is 0 Å². The van der Waals surface area contributed by atoms with Crippen molar-refractivity contribution in [2.75, 3.05) is 18.7 Å². The molecule has 1 N–H and O–H groups in total. The van der Waals surface area contributed by atoms with Crippen molar-refractivity contribution in [3.05, 3.63) is 40.8 Å². The first-order valence-corrected chi connectivity index (χ1v) is 11.2. The fraction of sp³-hybridized carbons (Fsp3) is 0.500. The third kappa shape index (κ3) is 5.33. The summed E-state index contributed by atoms with van der Waals surface area (Å²) in [6.45, 7) is 9.73. The van der Waals surface area contributed by atoms with Gasteiger partial charge in [0.05, 0.1) is 24.2 Å². The van der Waals surface area contributed by atoms with E-state index in [0.717, 1.165) is 11.3 Å². The number of carbonyl (C=O) groups is 2. The molecule has 1 atom stereocenters. The molecule has 1 aromatic carbocycles. The van der Waals surface area contributed by atoms with Crippen LogP contribution in [0.2, 0.25) is 0 Å². The summed E-state index contributed by atoms with van der Waals surface area (Å²) in [7, 11) is 1.53. The number of nitrogens with one attached hydrogen (secondary N) is 1. The van der Waals surface area contributed by atoms with Gasteiger partial charge in [0.1, 0.15) is 18.4 Å². The summed E-state index contributed by atoms with van der Waals surface area (Å²) in [5, 5.41) is 6.89. The van der Waals surface area contributed by atoms with Crippen molar-refractivity contribution in [1.82, 2.24) is 15.4 Å². The van der Waals surface area contributed by atoms with Crippen LogP contribution in [0.5, 0.6) is 11.5 Å². The summed E-state index contributed by atoms with van der Waals surface area (Å²) in [6, 6.07) is 4.54.